The number of hydrogen-bond donors (Lipinski definition) is 1. The van der Waals surface area contributed by atoms with E-state index in [0.29, 0.717) is 29.0 Å². The monoisotopic (exact) mass is 432 g/mol. The number of Topliss-reactive ketones (excluding diaryl/α,β-unsaturated/α-hetero) is 1. The van der Waals surface area contributed by atoms with Gasteiger partial charge in [-0.15, -0.1) is 0 Å². The summed E-state index contributed by atoms with van der Waals surface area (Å²) in [5.74, 6) is -1.49. The molecule has 1 atom stereocenters. The summed E-state index contributed by atoms with van der Waals surface area (Å²) in [7, 11) is 1.63. The van der Waals surface area contributed by atoms with Crippen molar-refractivity contribution in [2.45, 2.75) is 60.6 Å². The minimum absolute atomic E-state index is 0.0719. The molecule has 0 aromatic carbocycles. The zero-order valence-electron chi connectivity index (χ0n) is 19.5. The lowest BCUT2D eigenvalue weighted by molar-refractivity contribution is 0.0376. The molecule has 0 bridgehead atoms. The summed E-state index contributed by atoms with van der Waals surface area (Å²) in [6, 6.07) is 1.87. The Morgan fingerprint density at radius 1 is 1.06 bits per heavy atom. The second kappa shape index (κ2) is 9.96. The molecular formula is C23H32N2O6. The van der Waals surface area contributed by atoms with Crippen LogP contribution in [0.3, 0.4) is 0 Å². The van der Waals surface area contributed by atoms with Crippen molar-refractivity contribution in [2.24, 2.45) is 0 Å². The standard InChI is InChI=1S/C23H32N2O6/c1-12(2)31-22(27)20-15(5)21(24-16(20)6)23(28)30-11-19(26)18-9-13(3)25(17(18)7)14(4)10-29-8/h9,12,14,24H,10-11H2,1-8H3. The molecule has 2 heterocycles. The first-order chi connectivity index (χ1) is 14.5. The van der Waals surface area contributed by atoms with E-state index in [0.717, 1.165) is 11.4 Å². The summed E-state index contributed by atoms with van der Waals surface area (Å²) >= 11 is 0. The molecule has 1 unspecified atom stereocenters. The maximum absolute atomic E-state index is 12.7. The fraction of sp³-hybridized carbons (Fsp3) is 0.522. The highest BCUT2D eigenvalue weighted by molar-refractivity contribution is 6.02. The summed E-state index contributed by atoms with van der Waals surface area (Å²) in [5, 5.41) is 0. The quantitative estimate of drug-likeness (QED) is 0.477. The number of ketones is 1. The average Bonchev–Trinajstić information content (AvgIpc) is 3.14. The van der Waals surface area contributed by atoms with Crippen LogP contribution in [0, 0.1) is 27.7 Å². The number of esters is 2. The topological polar surface area (TPSA) is 99.6 Å². The third-order valence-corrected chi connectivity index (χ3v) is 5.16. The number of nitrogens with zero attached hydrogens (tertiary/aromatic N) is 1. The molecule has 8 heteroatoms. The van der Waals surface area contributed by atoms with E-state index >= 15 is 0 Å². The predicted molar refractivity (Wildman–Crippen MR) is 116 cm³/mol. The van der Waals surface area contributed by atoms with Crippen molar-refractivity contribution >= 4 is 17.7 Å². The van der Waals surface area contributed by atoms with E-state index in [1.54, 1.807) is 40.9 Å². The van der Waals surface area contributed by atoms with Crippen LogP contribution in [-0.4, -0.2) is 53.7 Å². The molecule has 0 saturated carbocycles. The van der Waals surface area contributed by atoms with Gasteiger partial charge in [-0.3, -0.25) is 4.79 Å². The second-order valence-corrected chi connectivity index (χ2v) is 8.04. The van der Waals surface area contributed by atoms with Gasteiger partial charge in [-0.05, 0) is 60.1 Å². The van der Waals surface area contributed by atoms with Gasteiger partial charge >= 0.3 is 11.9 Å². The van der Waals surface area contributed by atoms with Crippen molar-refractivity contribution in [1.82, 2.24) is 9.55 Å². The van der Waals surface area contributed by atoms with Crippen molar-refractivity contribution in [2.75, 3.05) is 20.3 Å². The van der Waals surface area contributed by atoms with E-state index in [-0.39, 0.29) is 23.6 Å². The first-order valence-electron chi connectivity index (χ1n) is 10.3. The molecule has 0 amide bonds. The Kier molecular flexibility index (Phi) is 7.84. The molecule has 2 aromatic rings. The molecule has 1 N–H and O–H groups in total. The van der Waals surface area contributed by atoms with Crippen LogP contribution in [0.1, 0.15) is 80.7 Å². The molecule has 0 aliphatic rings. The second-order valence-electron chi connectivity index (χ2n) is 8.04. The highest BCUT2D eigenvalue weighted by atomic mass is 16.5. The molecule has 2 aromatic heterocycles. The third kappa shape index (κ3) is 5.25. The van der Waals surface area contributed by atoms with Crippen molar-refractivity contribution in [1.29, 1.82) is 0 Å². The number of nitrogens with one attached hydrogen (secondary N) is 1. The van der Waals surface area contributed by atoms with Crippen LogP contribution < -0.4 is 0 Å². The minimum atomic E-state index is -0.695. The van der Waals surface area contributed by atoms with E-state index < -0.39 is 18.5 Å². The maximum atomic E-state index is 12.7. The highest BCUT2D eigenvalue weighted by Crippen LogP contribution is 2.23. The fourth-order valence-electron chi connectivity index (χ4n) is 3.87. The van der Waals surface area contributed by atoms with Crippen LogP contribution in [0.2, 0.25) is 0 Å². The van der Waals surface area contributed by atoms with Gasteiger partial charge in [0.1, 0.15) is 5.69 Å². The normalized spacial score (nSPS) is 12.2. The number of carbonyl (C=O) groups is 3. The number of aromatic amines is 1. The Hall–Kier alpha value is -2.87. The lowest BCUT2D eigenvalue weighted by Gasteiger charge is -2.17. The number of methoxy groups -OCH3 is 1. The Balaban J connectivity index is 2.14. The number of aryl methyl sites for hydroxylation is 2. The number of aromatic nitrogens is 2. The summed E-state index contributed by atoms with van der Waals surface area (Å²) in [6.45, 7) is 12.7. The molecule has 0 aliphatic heterocycles. The summed E-state index contributed by atoms with van der Waals surface area (Å²) < 4.78 is 17.7. The van der Waals surface area contributed by atoms with Crippen LogP contribution in [0.5, 0.6) is 0 Å². The van der Waals surface area contributed by atoms with E-state index in [9.17, 15) is 14.4 Å². The molecule has 0 saturated heterocycles. The summed E-state index contributed by atoms with van der Waals surface area (Å²) in [5.41, 5.74) is 3.63. The largest absolute Gasteiger partial charge is 0.459 e. The van der Waals surface area contributed by atoms with Crippen LogP contribution in [-0.2, 0) is 14.2 Å². The van der Waals surface area contributed by atoms with Crippen LogP contribution in [0.4, 0.5) is 0 Å². The van der Waals surface area contributed by atoms with Crippen molar-refractivity contribution in [3.8, 4) is 0 Å². The van der Waals surface area contributed by atoms with Gasteiger partial charge in [-0.1, -0.05) is 0 Å². The Morgan fingerprint density at radius 3 is 2.29 bits per heavy atom. The van der Waals surface area contributed by atoms with Crippen LogP contribution in [0.25, 0.3) is 0 Å². The third-order valence-electron chi connectivity index (χ3n) is 5.16. The Bertz CT molecular complexity index is 983. The van der Waals surface area contributed by atoms with Crippen LogP contribution >= 0.6 is 0 Å². The predicted octanol–water partition coefficient (Wildman–Crippen LogP) is 3.86. The van der Waals surface area contributed by atoms with E-state index in [4.69, 9.17) is 14.2 Å². The van der Waals surface area contributed by atoms with Crippen molar-refractivity contribution in [3.63, 3.8) is 0 Å². The number of rotatable bonds is 9. The first-order valence-corrected chi connectivity index (χ1v) is 10.3. The maximum Gasteiger partial charge on any atom is 0.355 e. The molecule has 31 heavy (non-hydrogen) atoms. The molecule has 0 spiro atoms. The number of carbonyl (C=O) groups excluding carboxylic acids is 3. The van der Waals surface area contributed by atoms with Crippen molar-refractivity contribution < 1.29 is 28.6 Å². The zero-order valence-corrected chi connectivity index (χ0v) is 19.5. The highest BCUT2D eigenvalue weighted by Gasteiger charge is 2.26. The number of ether oxygens (including phenoxy) is 3. The van der Waals surface area contributed by atoms with Gasteiger partial charge in [0.25, 0.3) is 0 Å². The molecule has 0 aliphatic carbocycles. The summed E-state index contributed by atoms with van der Waals surface area (Å²) in [6.07, 6.45) is -0.278. The Morgan fingerprint density at radius 2 is 1.71 bits per heavy atom. The van der Waals surface area contributed by atoms with Gasteiger partial charge in [0, 0.05) is 29.8 Å². The molecule has 0 radical (unpaired) electrons. The molecule has 170 valence electrons. The number of hydrogen-bond acceptors (Lipinski definition) is 6. The van der Waals surface area contributed by atoms with Gasteiger partial charge in [-0.2, -0.15) is 0 Å². The molecule has 2 rings (SSSR count). The zero-order chi connectivity index (χ0) is 23.5. The van der Waals surface area contributed by atoms with Gasteiger partial charge in [0.2, 0.25) is 5.78 Å². The lowest BCUT2D eigenvalue weighted by atomic mass is 10.1. The minimum Gasteiger partial charge on any atom is -0.459 e. The fourth-order valence-corrected chi connectivity index (χ4v) is 3.87. The first kappa shape index (κ1) is 24.4. The smallest absolute Gasteiger partial charge is 0.355 e. The van der Waals surface area contributed by atoms with Crippen LogP contribution in [0.15, 0.2) is 6.07 Å². The van der Waals surface area contributed by atoms with E-state index in [2.05, 4.69) is 4.98 Å². The SMILES string of the molecule is COCC(C)n1c(C)cc(C(=O)COC(=O)c2[nH]c(C)c(C(=O)OC(C)C)c2C)c1C. The molecule has 0 fully saturated rings. The Labute approximate surface area is 182 Å². The van der Waals surface area contributed by atoms with Gasteiger partial charge in [0.15, 0.2) is 6.61 Å². The van der Waals surface area contributed by atoms with Gasteiger partial charge in [-0.25, -0.2) is 9.59 Å². The number of H-pyrrole nitrogens is 1. The van der Waals surface area contributed by atoms with Gasteiger partial charge < -0.3 is 23.8 Å². The van der Waals surface area contributed by atoms with Gasteiger partial charge in [0.05, 0.1) is 24.3 Å². The van der Waals surface area contributed by atoms with Crippen molar-refractivity contribution in [3.05, 3.63) is 45.5 Å². The molecule has 8 nitrogen and oxygen atoms in total. The molecular weight excluding hydrogens is 400 g/mol. The average molecular weight is 433 g/mol. The summed E-state index contributed by atoms with van der Waals surface area (Å²) in [4.78, 5) is 40.5. The lowest BCUT2D eigenvalue weighted by Crippen LogP contribution is -2.17. The van der Waals surface area contributed by atoms with E-state index in [1.165, 1.54) is 0 Å². The van der Waals surface area contributed by atoms with E-state index in [1.807, 2.05) is 25.3 Å².